The second-order valence-corrected chi connectivity index (χ2v) is 6.94. The van der Waals surface area contributed by atoms with Gasteiger partial charge in [0.25, 0.3) is 0 Å². The Morgan fingerprint density at radius 3 is 2.64 bits per heavy atom. The number of aromatic nitrogens is 5. The highest BCUT2D eigenvalue weighted by atomic mass is 16.5. The van der Waals surface area contributed by atoms with E-state index in [1.165, 1.54) is 18.5 Å². The molecule has 3 heterocycles. The lowest BCUT2D eigenvalue weighted by Gasteiger charge is -2.09. The summed E-state index contributed by atoms with van der Waals surface area (Å²) in [5.41, 5.74) is 3.24. The van der Waals surface area contributed by atoms with Crippen LogP contribution in [0.25, 0.3) is 22.9 Å². The third-order valence-corrected chi connectivity index (χ3v) is 5.06. The molecule has 1 aliphatic heterocycles. The lowest BCUT2D eigenvalue weighted by Crippen LogP contribution is -2.12. The Morgan fingerprint density at radius 1 is 1.08 bits per heavy atom. The standard InChI is InChI=1S/C19H21N5O/c1-23-17(13-7-8-13)11-16(21-23)19-20-18(14-5-3-2-4-6-14)22-24(19)15-9-10-25-12-15/h2-6,11,13,15H,7-10,12H2,1H3. The first-order valence-corrected chi connectivity index (χ1v) is 8.93. The maximum absolute atomic E-state index is 5.58. The van der Waals surface area contributed by atoms with Gasteiger partial charge in [-0.2, -0.15) is 10.2 Å². The second kappa shape index (κ2) is 5.81. The predicted molar refractivity (Wildman–Crippen MR) is 94.1 cm³/mol. The molecular weight excluding hydrogens is 314 g/mol. The molecule has 6 heteroatoms. The minimum Gasteiger partial charge on any atom is -0.379 e. The van der Waals surface area contributed by atoms with Crippen LogP contribution in [0.3, 0.4) is 0 Å². The summed E-state index contributed by atoms with van der Waals surface area (Å²) in [6, 6.07) is 12.5. The van der Waals surface area contributed by atoms with Gasteiger partial charge >= 0.3 is 0 Å². The first-order valence-electron chi connectivity index (χ1n) is 8.93. The summed E-state index contributed by atoms with van der Waals surface area (Å²) in [5.74, 6) is 2.25. The van der Waals surface area contributed by atoms with Crippen molar-refractivity contribution in [3.8, 4) is 22.9 Å². The van der Waals surface area contributed by atoms with Crippen molar-refractivity contribution >= 4 is 0 Å². The van der Waals surface area contributed by atoms with Crippen LogP contribution in [0.1, 0.15) is 36.9 Å². The van der Waals surface area contributed by atoms with Crippen molar-refractivity contribution in [1.29, 1.82) is 0 Å². The number of aryl methyl sites for hydroxylation is 1. The van der Waals surface area contributed by atoms with E-state index in [1.54, 1.807) is 0 Å². The van der Waals surface area contributed by atoms with Crippen molar-refractivity contribution in [2.24, 2.45) is 7.05 Å². The monoisotopic (exact) mass is 335 g/mol. The van der Waals surface area contributed by atoms with E-state index in [0.29, 0.717) is 12.5 Å². The predicted octanol–water partition coefficient (Wildman–Crippen LogP) is 3.18. The summed E-state index contributed by atoms with van der Waals surface area (Å²) in [7, 11) is 2.02. The SMILES string of the molecule is Cn1nc(-c2nc(-c3ccccc3)nn2C2CCOC2)cc1C1CC1. The van der Waals surface area contributed by atoms with Gasteiger partial charge in [0.2, 0.25) is 0 Å². The van der Waals surface area contributed by atoms with Gasteiger partial charge in [0.1, 0.15) is 5.69 Å². The highest BCUT2D eigenvalue weighted by Crippen LogP contribution is 2.41. The van der Waals surface area contributed by atoms with Gasteiger partial charge < -0.3 is 4.74 Å². The molecule has 2 aromatic heterocycles. The minimum absolute atomic E-state index is 0.228. The Hall–Kier alpha value is -2.47. The largest absolute Gasteiger partial charge is 0.379 e. The zero-order valence-corrected chi connectivity index (χ0v) is 14.3. The van der Waals surface area contributed by atoms with Gasteiger partial charge in [-0.3, -0.25) is 4.68 Å². The van der Waals surface area contributed by atoms with Crippen molar-refractivity contribution in [2.45, 2.75) is 31.2 Å². The average molecular weight is 335 g/mol. The molecule has 3 aromatic rings. The fourth-order valence-corrected chi connectivity index (χ4v) is 3.53. The van der Waals surface area contributed by atoms with Gasteiger partial charge in [-0.1, -0.05) is 30.3 Å². The van der Waals surface area contributed by atoms with E-state index in [1.807, 2.05) is 46.7 Å². The molecule has 5 rings (SSSR count). The minimum atomic E-state index is 0.228. The van der Waals surface area contributed by atoms with Gasteiger partial charge in [0.05, 0.1) is 12.6 Å². The molecule has 1 atom stereocenters. The van der Waals surface area contributed by atoms with Gasteiger partial charge in [0.15, 0.2) is 11.6 Å². The van der Waals surface area contributed by atoms with E-state index >= 15 is 0 Å². The van der Waals surface area contributed by atoms with Crippen LogP contribution in [0.15, 0.2) is 36.4 Å². The highest BCUT2D eigenvalue weighted by Gasteiger charge is 2.30. The number of benzene rings is 1. The third kappa shape index (κ3) is 2.66. The number of ether oxygens (including phenoxy) is 1. The Kier molecular flexibility index (Phi) is 3.45. The molecule has 0 spiro atoms. The molecular formula is C19H21N5O. The molecule has 25 heavy (non-hydrogen) atoms. The maximum Gasteiger partial charge on any atom is 0.181 e. The normalized spacial score (nSPS) is 20.3. The molecule has 1 unspecified atom stereocenters. The fourth-order valence-electron chi connectivity index (χ4n) is 3.53. The molecule has 2 aliphatic rings. The molecule has 0 radical (unpaired) electrons. The van der Waals surface area contributed by atoms with Crippen molar-refractivity contribution in [2.75, 3.05) is 13.2 Å². The number of hydrogen-bond acceptors (Lipinski definition) is 4. The van der Waals surface area contributed by atoms with Crippen LogP contribution in [-0.2, 0) is 11.8 Å². The lowest BCUT2D eigenvalue weighted by molar-refractivity contribution is 0.185. The number of rotatable bonds is 4. The number of hydrogen-bond donors (Lipinski definition) is 0. The molecule has 1 saturated carbocycles. The van der Waals surface area contributed by atoms with Crippen LogP contribution in [0.5, 0.6) is 0 Å². The van der Waals surface area contributed by atoms with E-state index in [4.69, 9.17) is 19.9 Å². The molecule has 1 aliphatic carbocycles. The number of nitrogens with zero attached hydrogens (tertiary/aromatic N) is 5. The first-order chi connectivity index (χ1) is 12.3. The van der Waals surface area contributed by atoms with Crippen molar-refractivity contribution in [1.82, 2.24) is 24.5 Å². The van der Waals surface area contributed by atoms with Crippen LogP contribution in [0.4, 0.5) is 0 Å². The Morgan fingerprint density at radius 2 is 1.92 bits per heavy atom. The van der Waals surface area contributed by atoms with E-state index in [0.717, 1.165) is 35.9 Å². The van der Waals surface area contributed by atoms with E-state index in [-0.39, 0.29) is 6.04 Å². The van der Waals surface area contributed by atoms with E-state index < -0.39 is 0 Å². The van der Waals surface area contributed by atoms with Gasteiger partial charge in [-0.25, -0.2) is 9.67 Å². The van der Waals surface area contributed by atoms with Crippen molar-refractivity contribution in [3.63, 3.8) is 0 Å². The summed E-state index contributed by atoms with van der Waals surface area (Å²) >= 11 is 0. The van der Waals surface area contributed by atoms with Crippen LogP contribution < -0.4 is 0 Å². The van der Waals surface area contributed by atoms with Crippen LogP contribution in [0, 0.1) is 0 Å². The summed E-state index contributed by atoms with van der Waals surface area (Å²) in [6.45, 7) is 1.47. The van der Waals surface area contributed by atoms with E-state index in [2.05, 4.69) is 6.07 Å². The summed E-state index contributed by atoms with van der Waals surface area (Å²) in [5, 5.41) is 9.55. The van der Waals surface area contributed by atoms with Crippen molar-refractivity contribution in [3.05, 3.63) is 42.1 Å². The smallest absolute Gasteiger partial charge is 0.181 e. The summed E-state index contributed by atoms with van der Waals surface area (Å²) < 4.78 is 9.60. The third-order valence-electron chi connectivity index (χ3n) is 5.06. The summed E-state index contributed by atoms with van der Waals surface area (Å²) in [6.07, 6.45) is 3.49. The molecule has 128 valence electrons. The molecule has 1 aromatic carbocycles. The first kappa shape index (κ1) is 14.8. The van der Waals surface area contributed by atoms with Gasteiger partial charge in [-0.15, -0.1) is 0 Å². The quantitative estimate of drug-likeness (QED) is 0.735. The molecule has 0 amide bonds. The topological polar surface area (TPSA) is 57.8 Å². The Labute approximate surface area is 146 Å². The van der Waals surface area contributed by atoms with Crippen LogP contribution in [0.2, 0.25) is 0 Å². The van der Waals surface area contributed by atoms with Crippen molar-refractivity contribution < 1.29 is 4.74 Å². The second-order valence-electron chi connectivity index (χ2n) is 6.94. The Balaban J connectivity index is 1.61. The molecule has 6 nitrogen and oxygen atoms in total. The van der Waals surface area contributed by atoms with E-state index in [9.17, 15) is 0 Å². The molecule has 1 saturated heterocycles. The highest BCUT2D eigenvalue weighted by molar-refractivity contribution is 5.60. The lowest BCUT2D eigenvalue weighted by atomic mass is 10.2. The molecule has 0 bridgehead atoms. The van der Waals surface area contributed by atoms with Gasteiger partial charge in [-0.05, 0) is 25.3 Å². The zero-order valence-electron chi connectivity index (χ0n) is 14.3. The van der Waals surface area contributed by atoms with Gasteiger partial charge in [0, 0.05) is 30.8 Å². The maximum atomic E-state index is 5.58. The average Bonchev–Trinajstić information content (AvgIpc) is 3.04. The van der Waals surface area contributed by atoms with Crippen LogP contribution in [-0.4, -0.2) is 37.8 Å². The summed E-state index contributed by atoms with van der Waals surface area (Å²) in [4.78, 5) is 4.85. The Bertz CT molecular complexity index is 888. The van der Waals surface area contributed by atoms with Crippen LogP contribution >= 0.6 is 0 Å². The molecule has 2 fully saturated rings. The fraction of sp³-hybridized carbons (Fsp3) is 0.421. The molecule has 0 N–H and O–H groups in total. The zero-order chi connectivity index (χ0) is 16.8.